The van der Waals surface area contributed by atoms with Crippen molar-refractivity contribution in [2.45, 2.75) is 6.54 Å². The molecule has 0 atom stereocenters. The van der Waals surface area contributed by atoms with E-state index in [1.807, 2.05) is 18.2 Å². The van der Waals surface area contributed by atoms with Gasteiger partial charge in [0.1, 0.15) is 0 Å². The summed E-state index contributed by atoms with van der Waals surface area (Å²) in [5.41, 5.74) is 0.842. The SMILES string of the molecule is CN(Cc1ccccc1Cl)C(=O)COc1ccc(Br)cc1F. The Hall–Kier alpha value is -1.59. The Morgan fingerprint density at radius 3 is 2.73 bits per heavy atom. The lowest BCUT2D eigenvalue weighted by Gasteiger charge is -2.18. The molecule has 0 aliphatic heterocycles. The Morgan fingerprint density at radius 2 is 2.05 bits per heavy atom. The molecule has 0 N–H and O–H groups in total. The molecule has 0 radical (unpaired) electrons. The van der Waals surface area contributed by atoms with Crippen LogP contribution >= 0.6 is 27.5 Å². The molecule has 0 fully saturated rings. The fraction of sp³-hybridized carbons (Fsp3) is 0.188. The second-order valence-electron chi connectivity index (χ2n) is 4.70. The number of ether oxygens (including phenoxy) is 1. The smallest absolute Gasteiger partial charge is 0.260 e. The maximum atomic E-state index is 13.6. The Bertz CT molecular complexity index is 681. The van der Waals surface area contributed by atoms with Gasteiger partial charge in [0, 0.05) is 23.1 Å². The first-order valence-electron chi connectivity index (χ1n) is 6.52. The standard InChI is InChI=1S/C16H14BrClFNO2/c1-20(9-11-4-2-3-5-13(11)18)16(21)10-22-15-7-6-12(17)8-14(15)19/h2-8H,9-10H2,1H3. The van der Waals surface area contributed by atoms with E-state index in [9.17, 15) is 9.18 Å². The van der Waals surface area contributed by atoms with E-state index in [-0.39, 0.29) is 18.3 Å². The predicted molar refractivity (Wildman–Crippen MR) is 87.5 cm³/mol. The van der Waals surface area contributed by atoms with Gasteiger partial charge in [0.2, 0.25) is 0 Å². The molecular weight excluding hydrogens is 373 g/mol. The van der Waals surface area contributed by atoms with Crippen LogP contribution in [-0.4, -0.2) is 24.5 Å². The molecule has 6 heteroatoms. The second kappa shape index (κ2) is 7.61. The van der Waals surface area contributed by atoms with Gasteiger partial charge in [0.25, 0.3) is 5.91 Å². The molecule has 0 spiro atoms. The molecule has 0 aromatic heterocycles. The minimum absolute atomic E-state index is 0.0442. The van der Waals surface area contributed by atoms with Crippen molar-refractivity contribution in [3.63, 3.8) is 0 Å². The van der Waals surface area contributed by atoms with E-state index >= 15 is 0 Å². The third-order valence-electron chi connectivity index (χ3n) is 3.04. The topological polar surface area (TPSA) is 29.5 Å². The maximum Gasteiger partial charge on any atom is 0.260 e. The molecule has 2 aromatic rings. The van der Waals surface area contributed by atoms with Crippen molar-refractivity contribution >= 4 is 33.4 Å². The van der Waals surface area contributed by atoms with E-state index < -0.39 is 5.82 Å². The molecule has 0 saturated heterocycles. The number of hydrogen-bond acceptors (Lipinski definition) is 2. The van der Waals surface area contributed by atoms with Crippen LogP contribution < -0.4 is 4.74 Å². The molecule has 3 nitrogen and oxygen atoms in total. The van der Waals surface area contributed by atoms with E-state index in [0.717, 1.165) is 5.56 Å². The van der Waals surface area contributed by atoms with Crippen molar-refractivity contribution in [3.8, 4) is 5.75 Å². The summed E-state index contributed by atoms with van der Waals surface area (Å²) in [7, 11) is 1.65. The molecule has 22 heavy (non-hydrogen) atoms. The van der Waals surface area contributed by atoms with Crippen molar-refractivity contribution in [1.29, 1.82) is 0 Å². The highest BCUT2D eigenvalue weighted by Crippen LogP contribution is 2.21. The number of benzene rings is 2. The normalized spacial score (nSPS) is 10.4. The molecule has 2 aromatic carbocycles. The fourth-order valence-electron chi connectivity index (χ4n) is 1.81. The van der Waals surface area contributed by atoms with E-state index in [0.29, 0.717) is 16.0 Å². The monoisotopic (exact) mass is 385 g/mol. The zero-order valence-corrected chi connectivity index (χ0v) is 14.2. The van der Waals surface area contributed by atoms with Crippen molar-refractivity contribution < 1.29 is 13.9 Å². The van der Waals surface area contributed by atoms with Crippen molar-refractivity contribution in [1.82, 2.24) is 4.90 Å². The number of likely N-dealkylation sites (N-methyl/N-ethyl adjacent to an activating group) is 1. The summed E-state index contributed by atoms with van der Waals surface area (Å²) in [6, 6.07) is 11.7. The third kappa shape index (κ3) is 4.45. The molecule has 0 saturated carbocycles. The van der Waals surface area contributed by atoms with E-state index in [4.69, 9.17) is 16.3 Å². The highest BCUT2D eigenvalue weighted by Gasteiger charge is 2.13. The predicted octanol–water partition coefficient (Wildman–Crippen LogP) is 4.28. The lowest BCUT2D eigenvalue weighted by molar-refractivity contribution is -0.132. The summed E-state index contributed by atoms with van der Waals surface area (Å²) >= 11 is 9.22. The summed E-state index contributed by atoms with van der Waals surface area (Å²) in [4.78, 5) is 13.5. The lowest BCUT2D eigenvalue weighted by atomic mass is 10.2. The summed E-state index contributed by atoms with van der Waals surface area (Å²) in [6.07, 6.45) is 0. The number of carbonyl (C=O) groups is 1. The second-order valence-corrected chi connectivity index (χ2v) is 6.03. The van der Waals surface area contributed by atoms with E-state index in [1.54, 1.807) is 19.2 Å². The zero-order chi connectivity index (χ0) is 16.1. The van der Waals surface area contributed by atoms with E-state index in [2.05, 4.69) is 15.9 Å². The molecule has 116 valence electrons. The van der Waals surface area contributed by atoms with Gasteiger partial charge in [-0.25, -0.2) is 4.39 Å². The van der Waals surface area contributed by atoms with Crippen LogP contribution in [-0.2, 0) is 11.3 Å². The van der Waals surface area contributed by atoms with Gasteiger partial charge in [0.15, 0.2) is 18.2 Å². The maximum absolute atomic E-state index is 13.6. The van der Waals surface area contributed by atoms with Crippen molar-refractivity contribution in [2.24, 2.45) is 0 Å². The molecule has 0 aliphatic carbocycles. The van der Waals surface area contributed by atoms with Crippen LogP contribution in [0.3, 0.4) is 0 Å². The summed E-state index contributed by atoms with van der Waals surface area (Å²) in [5, 5.41) is 0.599. The van der Waals surface area contributed by atoms with Gasteiger partial charge in [-0.1, -0.05) is 45.7 Å². The largest absolute Gasteiger partial charge is 0.481 e. The lowest BCUT2D eigenvalue weighted by Crippen LogP contribution is -2.31. The molecule has 0 unspecified atom stereocenters. The average Bonchev–Trinajstić information content (AvgIpc) is 2.48. The van der Waals surface area contributed by atoms with Gasteiger partial charge in [-0.3, -0.25) is 4.79 Å². The quantitative estimate of drug-likeness (QED) is 0.767. The number of amides is 1. The third-order valence-corrected chi connectivity index (χ3v) is 3.90. The first-order chi connectivity index (χ1) is 10.5. The Labute approximate surface area is 141 Å². The minimum atomic E-state index is -0.518. The molecule has 0 aliphatic rings. The summed E-state index contributed by atoms with van der Waals surface area (Å²) in [6.45, 7) is 0.129. The van der Waals surface area contributed by atoms with Gasteiger partial charge in [-0.2, -0.15) is 0 Å². The Kier molecular flexibility index (Phi) is 5.80. The molecule has 0 heterocycles. The number of halogens is 3. The van der Waals surface area contributed by atoms with Gasteiger partial charge in [0.05, 0.1) is 0 Å². The highest BCUT2D eigenvalue weighted by molar-refractivity contribution is 9.10. The zero-order valence-electron chi connectivity index (χ0n) is 11.9. The molecule has 2 rings (SSSR count). The molecule has 1 amide bonds. The number of hydrogen-bond donors (Lipinski definition) is 0. The Morgan fingerprint density at radius 1 is 1.32 bits per heavy atom. The van der Waals surface area contributed by atoms with Crippen LogP contribution in [0.2, 0.25) is 5.02 Å². The van der Waals surface area contributed by atoms with Crippen LogP contribution in [0.5, 0.6) is 5.75 Å². The van der Waals surface area contributed by atoms with E-state index in [1.165, 1.54) is 17.0 Å². The first kappa shape index (κ1) is 16.8. The van der Waals surface area contributed by atoms with Crippen LogP contribution in [0, 0.1) is 5.82 Å². The van der Waals surface area contributed by atoms with Gasteiger partial charge in [-0.05, 0) is 29.8 Å². The van der Waals surface area contributed by atoms with Crippen LogP contribution in [0.4, 0.5) is 4.39 Å². The van der Waals surface area contributed by atoms with Crippen LogP contribution in [0.1, 0.15) is 5.56 Å². The highest BCUT2D eigenvalue weighted by atomic mass is 79.9. The number of nitrogens with zero attached hydrogens (tertiary/aromatic N) is 1. The summed E-state index contributed by atoms with van der Waals surface area (Å²) < 4.78 is 19.4. The van der Waals surface area contributed by atoms with Gasteiger partial charge < -0.3 is 9.64 Å². The van der Waals surface area contributed by atoms with Crippen LogP contribution in [0.25, 0.3) is 0 Å². The van der Waals surface area contributed by atoms with Crippen molar-refractivity contribution in [3.05, 3.63) is 63.3 Å². The van der Waals surface area contributed by atoms with Crippen molar-refractivity contribution in [2.75, 3.05) is 13.7 Å². The minimum Gasteiger partial charge on any atom is -0.481 e. The van der Waals surface area contributed by atoms with Gasteiger partial charge >= 0.3 is 0 Å². The summed E-state index contributed by atoms with van der Waals surface area (Å²) in [5.74, 6) is -0.735. The first-order valence-corrected chi connectivity index (χ1v) is 7.69. The number of rotatable bonds is 5. The Balaban J connectivity index is 1.93. The number of carbonyl (C=O) groups excluding carboxylic acids is 1. The molecule has 0 bridgehead atoms. The van der Waals surface area contributed by atoms with Gasteiger partial charge in [-0.15, -0.1) is 0 Å². The van der Waals surface area contributed by atoms with Crippen LogP contribution in [0.15, 0.2) is 46.9 Å². The fourth-order valence-corrected chi connectivity index (χ4v) is 2.34. The molecular formula is C16H14BrClFNO2. The average molecular weight is 387 g/mol.